The maximum absolute atomic E-state index is 12.2. The Morgan fingerprint density at radius 2 is 1.87 bits per heavy atom. The maximum Gasteiger partial charge on any atom is 0.414 e. The van der Waals surface area contributed by atoms with Crippen LogP contribution < -0.4 is 10.2 Å². The largest absolute Gasteiger partial charge is 0.452 e. The fraction of sp³-hybridized carbons (Fsp3) is 0.556. The number of hydrogen-bond donors (Lipinski definition) is 1. The summed E-state index contributed by atoms with van der Waals surface area (Å²) in [5.41, 5.74) is 3.38. The van der Waals surface area contributed by atoms with E-state index >= 15 is 0 Å². The van der Waals surface area contributed by atoms with Gasteiger partial charge in [0, 0.05) is 25.3 Å². The smallest absolute Gasteiger partial charge is 0.414 e. The van der Waals surface area contributed by atoms with Gasteiger partial charge in [0.15, 0.2) is 0 Å². The van der Waals surface area contributed by atoms with Gasteiger partial charge in [0.05, 0.1) is 35.2 Å². The number of methoxy groups -OCH3 is 1. The average molecular weight is 478 g/mol. The number of nitrogens with one attached hydrogen (secondary N) is 1. The zero-order valence-electron chi connectivity index (χ0n) is 17.4. The number of likely N-dealkylation sites (N-methyl/N-ethyl adjacent to an activating group) is 1. The van der Waals surface area contributed by atoms with E-state index in [9.17, 15) is 9.59 Å². The second kappa shape index (κ2) is 13.4. The van der Waals surface area contributed by atoms with Crippen LogP contribution >= 0.6 is 35.1 Å². The molecule has 2 heterocycles. The minimum atomic E-state index is -0.462. The van der Waals surface area contributed by atoms with Gasteiger partial charge in [-0.15, -0.1) is 35.1 Å². The van der Waals surface area contributed by atoms with Crippen LogP contribution in [0.2, 0.25) is 0 Å². The van der Waals surface area contributed by atoms with Gasteiger partial charge < -0.3 is 14.8 Å². The molecule has 0 unspecified atom stereocenters. The maximum atomic E-state index is 12.2. The molecule has 0 saturated heterocycles. The number of anilines is 1. The summed E-state index contributed by atoms with van der Waals surface area (Å²) in [5.74, 6) is 0. The molecule has 1 N–H and O–H groups in total. The van der Waals surface area contributed by atoms with Crippen LogP contribution in [0.4, 0.5) is 14.6 Å². The van der Waals surface area contributed by atoms with E-state index in [1.165, 1.54) is 29.8 Å². The first kappa shape index (κ1) is 26.1. The van der Waals surface area contributed by atoms with Crippen molar-refractivity contribution >= 4 is 52.3 Å². The van der Waals surface area contributed by atoms with Crippen LogP contribution in [0.25, 0.3) is 0 Å². The second-order valence-electron chi connectivity index (χ2n) is 6.47. The Morgan fingerprint density at radius 3 is 2.43 bits per heavy atom. The molecule has 0 aliphatic heterocycles. The van der Waals surface area contributed by atoms with Gasteiger partial charge in [-0.3, -0.25) is 19.8 Å². The summed E-state index contributed by atoms with van der Waals surface area (Å²) in [5, 5.41) is 3.57. The van der Waals surface area contributed by atoms with Crippen molar-refractivity contribution < 1.29 is 19.1 Å². The topological polar surface area (TPSA) is 96.9 Å². The second-order valence-corrected chi connectivity index (χ2v) is 8.31. The first-order valence-corrected chi connectivity index (χ1v) is 11.0. The van der Waals surface area contributed by atoms with Crippen molar-refractivity contribution in [2.75, 3.05) is 31.6 Å². The quantitative estimate of drug-likeness (QED) is 0.558. The van der Waals surface area contributed by atoms with Crippen LogP contribution in [-0.2, 0) is 16.1 Å². The van der Waals surface area contributed by atoms with Crippen LogP contribution in [0.5, 0.6) is 0 Å². The first-order chi connectivity index (χ1) is 13.9. The van der Waals surface area contributed by atoms with Gasteiger partial charge in [-0.05, 0) is 20.4 Å². The van der Waals surface area contributed by atoms with Crippen molar-refractivity contribution in [3.8, 4) is 0 Å². The lowest BCUT2D eigenvalue weighted by atomic mass is 10.2. The Bertz CT molecular complexity index is 748. The minimum Gasteiger partial charge on any atom is -0.452 e. The molecule has 0 fully saturated rings. The Morgan fingerprint density at radius 1 is 1.17 bits per heavy atom. The van der Waals surface area contributed by atoms with E-state index in [0.29, 0.717) is 13.1 Å². The number of rotatable bonds is 10. The number of aromatic nitrogens is 2. The fourth-order valence-corrected chi connectivity index (χ4v) is 4.05. The van der Waals surface area contributed by atoms with Crippen LogP contribution in [0.1, 0.15) is 25.6 Å². The van der Waals surface area contributed by atoms with E-state index in [4.69, 9.17) is 9.47 Å². The average Bonchev–Trinajstić information content (AvgIpc) is 3.40. The molecule has 0 aliphatic rings. The Hall–Kier alpha value is -1.95. The van der Waals surface area contributed by atoms with E-state index < -0.39 is 12.2 Å². The molecule has 12 heteroatoms. The monoisotopic (exact) mass is 477 g/mol. The van der Waals surface area contributed by atoms with Crippen molar-refractivity contribution in [3.05, 3.63) is 28.3 Å². The van der Waals surface area contributed by atoms with Gasteiger partial charge >= 0.3 is 12.2 Å². The number of halogens is 1. The SMILES string of the molecule is CCN(C[C@@H](C)N(C(=O)OC)c1cncs1)C[C@H](C)NC(=O)OCc1cncs1.Cl. The van der Waals surface area contributed by atoms with E-state index in [0.717, 1.165) is 16.4 Å². The van der Waals surface area contributed by atoms with Gasteiger partial charge in [0.25, 0.3) is 0 Å². The highest BCUT2D eigenvalue weighted by Crippen LogP contribution is 2.23. The molecule has 9 nitrogen and oxygen atoms in total. The van der Waals surface area contributed by atoms with Crippen LogP contribution in [0.3, 0.4) is 0 Å². The lowest BCUT2D eigenvalue weighted by Gasteiger charge is -2.32. The molecule has 0 bridgehead atoms. The summed E-state index contributed by atoms with van der Waals surface area (Å²) < 4.78 is 10.1. The van der Waals surface area contributed by atoms with E-state index in [-0.39, 0.29) is 31.1 Å². The summed E-state index contributed by atoms with van der Waals surface area (Å²) in [7, 11) is 1.37. The zero-order chi connectivity index (χ0) is 21.2. The third kappa shape index (κ3) is 8.05. The zero-order valence-corrected chi connectivity index (χ0v) is 19.9. The van der Waals surface area contributed by atoms with Crippen molar-refractivity contribution in [2.45, 2.75) is 39.5 Å². The molecule has 168 valence electrons. The predicted octanol–water partition coefficient (Wildman–Crippen LogP) is 3.62. The molecule has 2 aromatic rings. The van der Waals surface area contributed by atoms with Gasteiger partial charge in [-0.25, -0.2) is 9.59 Å². The van der Waals surface area contributed by atoms with E-state index in [1.54, 1.807) is 28.3 Å². The number of carbonyl (C=O) groups excluding carboxylic acids is 2. The summed E-state index contributed by atoms with van der Waals surface area (Å²) in [6.07, 6.45) is 2.45. The molecular weight excluding hydrogens is 450 g/mol. The number of amides is 2. The number of thiazole rings is 2. The molecule has 2 atom stereocenters. The number of alkyl carbamates (subject to hydrolysis) is 1. The van der Waals surface area contributed by atoms with Crippen LogP contribution in [-0.4, -0.2) is 65.9 Å². The van der Waals surface area contributed by atoms with Crippen molar-refractivity contribution in [1.82, 2.24) is 20.2 Å². The van der Waals surface area contributed by atoms with Gasteiger partial charge in [0.2, 0.25) is 0 Å². The number of nitrogens with zero attached hydrogens (tertiary/aromatic N) is 4. The number of ether oxygens (including phenoxy) is 2. The minimum absolute atomic E-state index is 0. The summed E-state index contributed by atoms with van der Waals surface area (Å²) in [6, 6.07) is -0.251. The van der Waals surface area contributed by atoms with Gasteiger partial charge in [0.1, 0.15) is 11.6 Å². The highest BCUT2D eigenvalue weighted by molar-refractivity contribution is 7.14. The molecule has 30 heavy (non-hydrogen) atoms. The molecule has 2 amide bonds. The molecular formula is C18H28ClN5O4S2. The molecule has 2 rings (SSSR count). The highest BCUT2D eigenvalue weighted by Gasteiger charge is 2.26. The lowest BCUT2D eigenvalue weighted by molar-refractivity contribution is 0.133. The van der Waals surface area contributed by atoms with Gasteiger partial charge in [-0.1, -0.05) is 6.92 Å². The molecule has 0 aliphatic carbocycles. The summed E-state index contributed by atoms with van der Waals surface area (Å²) in [4.78, 5) is 36.9. The normalized spacial score (nSPS) is 12.6. The fourth-order valence-electron chi connectivity index (χ4n) is 2.83. The summed E-state index contributed by atoms with van der Waals surface area (Å²) in [6.45, 7) is 8.13. The molecule has 0 spiro atoms. The number of hydrogen-bond acceptors (Lipinski definition) is 9. The molecule has 0 aromatic carbocycles. The standard InChI is InChI=1S/C18H27N5O4S2.ClH/c1-5-22(8-13(2)21-17(24)27-10-15-6-19-11-28-15)9-14(3)23(18(25)26-4)16-7-20-12-29-16;/h6-7,11-14H,5,8-10H2,1-4H3,(H,21,24);1H/t13-,14+;/m0./s1. The van der Waals surface area contributed by atoms with Gasteiger partial charge in [-0.2, -0.15) is 0 Å². The third-order valence-corrected chi connectivity index (χ3v) is 5.69. The molecule has 0 radical (unpaired) electrons. The first-order valence-electron chi connectivity index (χ1n) is 9.23. The van der Waals surface area contributed by atoms with Crippen molar-refractivity contribution in [2.24, 2.45) is 0 Å². The Labute approximate surface area is 190 Å². The van der Waals surface area contributed by atoms with Crippen molar-refractivity contribution in [3.63, 3.8) is 0 Å². The molecule has 2 aromatic heterocycles. The third-order valence-electron chi connectivity index (χ3n) is 4.16. The van der Waals surface area contributed by atoms with E-state index in [1.807, 2.05) is 20.8 Å². The summed E-state index contributed by atoms with van der Waals surface area (Å²) >= 11 is 2.82. The number of carbonyl (C=O) groups is 2. The van der Waals surface area contributed by atoms with E-state index in [2.05, 4.69) is 20.2 Å². The highest BCUT2D eigenvalue weighted by atomic mass is 35.5. The lowest BCUT2D eigenvalue weighted by Crippen LogP contribution is -2.49. The molecule has 0 saturated carbocycles. The Balaban J connectivity index is 0.00000450. The van der Waals surface area contributed by atoms with Crippen molar-refractivity contribution in [1.29, 1.82) is 0 Å². The predicted molar refractivity (Wildman–Crippen MR) is 121 cm³/mol. The van der Waals surface area contributed by atoms with Crippen LogP contribution in [0, 0.1) is 0 Å². The Kier molecular flexibility index (Phi) is 11.6. The van der Waals surface area contributed by atoms with Crippen LogP contribution in [0.15, 0.2) is 23.4 Å².